The molecule has 10 heteroatoms. The summed E-state index contributed by atoms with van der Waals surface area (Å²) in [5, 5.41) is 10.0. The van der Waals surface area contributed by atoms with Gasteiger partial charge >= 0.3 is 0 Å². The Morgan fingerprint density at radius 2 is 2.06 bits per heavy atom. The monoisotopic (exact) mass is 471 g/mol. The molecule has 5 rings (SSSR count). The summed E-state index contributed by atoms with van der Waals surface area (Å²) in [6.07, 6.45) is 2.35. The molecule has 4 aromatic rings. The van der Waals surface area contributed by atoms with E-state index in [9.17, 15) is 9.59 Å². The Hall–Kier alpha value is -2.94. The fraction of sp³-hybridized carbons (Fsp3) is 0.143. The first-order valence-corrected chi connectivity index (χ1v) is 11.2. The first-order valence-electron chi connectivity index (χ1n) is 9.52. The highest BCUT2D eigenvalue weighted by Gasteiger charge is 2.22. The number of aryl methyl sites for hydroxylation is 1. The minimum Gasteiger partial charge on any atom is -0.306 e. The van der Waals surface area contributed by atoms with Crippen LogP contribution in [0.25, 0.3) is 16.5 Å². The molecule has 2 N–H and O–H groups in total. The molecule has 3 aromatic heterocycles. The van der Waals surface area contributed by atoms with Gasteiger partial charge in [0.15, 0.2) is 0 Å². The number of hydrogen-bond donors (Lipinski definition) is 2. The number of nitrogens with one attached hydrogen (secondary N) is 2. The van der Waals surface area contributed by atoms with Crippen molar-refractivity contribution in [2.24, 2.45) is 0 Å². The lowest BCUT2D eigenvalue weighted by Crippen LogP contribution is -2.21. The van der Waals surface area contributed by atoms with Gasteiger partial charge in [-0.1, -0.05) is 29.3 Å². The first-order chi connectivity index (χ1) is 15.0. The van der Waals surface area contributed by atoms with Crippen molar-refractivity contribution < 1.29 is 4.79 Å². The van der Waals surface area contributed by atoms with Crippen LogP contribution in [0.2, 0.25) is 10.0 Å². The van der Waals surface area contributed by atoms with Gasteiger partial charge in [0.25, 0.3) is 11.5 Å². The van der Waals surface area contributed by atoms with E-state index in [0.29, 0.717) is 28.5 Å². The summed E-state index contributed by atoms with van der Waals surface area (Å²) in [4.78, 5) is 33.8. The molecule has 156 valence electrons. The normalized spacial score (nSPS) is 12.7. The molecule has 0 radical (unpaired) electrons. The zero-order chi connectivity index (χ0) is 21.5. The lowest BCUT2D eigenvalue weighted by Gasteiger charge is -2.10. The molecular formula is C21H15Cl2N5O2S. The number of amides is 1. The second-order valence-corrected chi connectivity index (χ2v) is 8.84. The Balaban J connectivity index is 1.60. The van der Waals surface area contributed by atoms with Gasteiger partial charge in [0.05, 0.1) is 21.2 Å². The predicted octanol–water partition coefficient (Wildman–Crippen LogP) is 4.73. The van der Waals surface area contributed by atoms with E-state index >= 15 is 0 Å². The number of anilines is 1. The van der Waals surface area contributed by atoms with E-state index in [2.05, 4.69) is 20.4 Å². The SMILES string of the molecule is O=C(Nc1cc(-c2cccs2)nn1-c1nc2c(c(=O)[nH]1)CCC2)c1cc(Cl)ccc1Cl. The lowest BCUT2D eigenvalue weighted by molar-refractivity contribution is 0.102. The van der Waals surface area contributed by atoms with Crippen molar-refractivity contribution in [1.82, 2.24) is 19.7 Å². The minimum atomic E-state index is -0.449. The molecule has 1 aliphatic carbocycles. The van der Waals surface area contributed by atoms with Crippen LogP contribution in [-0.2, 0) is 12.8 Å². The van der Waals surface area contributed by atoms with E-state index in [1.54, 1.807) is 18.2 Å². The standard InChI is InChI=1S/C21H15Cl2N5O2S/c22-11-6-7-14(23)13(9-11)20(30)25-18-10-16(17-5-2-8-31-17)27-28(18)21-24-15-4-1-3-12(15)19(29)26-21/h2,5-10H,1,3-4H2,(H,25,30)(H,24,26,29). The molecule has 0 bridgehead atoms. The minimum absolute atomic E-state index is 0.180. The van der Waals surface area contributed by atoms with E-state index in [-0.39, 0.29) is 22.1 Å². The van der Waals surface area contributed by atoms with E-state index in [0.717, 1.165) is 23.4 Å². The third-order valence-electron chi connectivity index (χ3n) is 5.03. The van der Waals surface area contributed by atoms with Crippen molar-refractivity contribution >= 4 is 46.3 Å². The molecule has 3 heterocycles. The van der Waals surface area contributed by atoms with Gasteiger partial charge < -0.3 is 5.32 Å². The summed E-state index contributed by atoms with van der Waals surface area (Å²) < 4.78 is 1.44. The van der Waals surface area contributed by atoms with Crippen LogP contribution in [0.5, 0.6) is 0 Å². The molecule has 0 saturated carbocycles. The molecule has 1 aromatic carbocycles. The van der Waals surface area contributed by atoms with Gasteiger partial charge in [-0.3, -0.25) is 14.6 Å². The smallest absolute Gasteiger partial charge is 0.258 e. The second kappa shape index (κ2) is 7.96. The Labute approximate surface area is 190 Å². The molecule has 0 spiro atoms. The number of aromatic amines is 1. The molecule has 1 amide bonds. The van der Waals surface area contributed by atoms with Crippen LogP contribution in [0.15, 0.2) is 46.6 Å². The number of benzene rings is 1. The summed E-state index contributed by atoms with van der Waals surface area (Å²) in [5.41, 5.74) is 2.18. The summed E-state index contributed by atoms with van der Waals surface area (Å²) >= 11 is 13.7. The molecule has 0 atom stereocenters. The van der Waals surface area contributed by atoms with Gasteiger partial charge in [-0.05, 0) is 48.9 Å². The van der Waals surface area contributed by atoms with E-state index in [1.807, 2.05) is 17.5 Å². The summed E-state index contributed by atoms with van der Waals surface area (Å²) in [5.74, 6) is 0.154. The Bertz CT molecular complexity index is 1360. The second-order valence-electron chi connectivity index (χ2n) is 7.05. The van der Waals surface area contributed by atoms with Crippen molar-refractivity contribution in [1.29, 1.82) is 0 Å². The van der Waals surface area contributed by atoms with Crippen molar-refractivity contribution in [3.05, 3.63) is 79.0 Å². The van der Waals surface area contributed by atoms with Crippen molar-refractivity contribution in [3.8, 4) is 16.5 Å². The fourth-order valence-electron chi connectivity index (χ4n) is 3.56. The number of carbonyl (C=O) groups excluding carboxylic acids is 1. The lowest BCUT2D eigenvalue weighted by atomic mass is 10.2. The van der Waals surface area contributed by atoms with Crippen LogP contribution < -0.4 is 10.9 Å². The van der Waals surface area contributed by atoms with Gasteiger partial charge in [0.1, 0.15) is 11.5 Å². The summed E-state index contributed by atoms with van der Waals surface area (Å²) in [6, 6.07) is 10.2. The highest BCUT2D eigenvalue weighted by Crippen LogP contribution is 2.29. The molecule has 0 fully saturated rings. The van der Waals surface area contributed by atoms with Gasteiger partial charge in [-0.2, -0.15) is 9.78 Å². The van der Waals surface area contributed by atoms with Crippen molar-refractivity contribution in [2.45, 2.75) is 19.3 Å². The number of thiophene rings is 1. The quantitative estimate of drug-likeness (QED) is 0.449. The number of carbonyl (C=O) groups is 1. The van der Waals surface area contributed by atoms with Crippen LogP contribution in [0.1, 0.15) is 28.0 Å². The third-order valence-corrected chi connectivity index (χ3v) is 6.48. The molecule has 0 saturated heterocycles. The maximum atomic E-state index is 12.9. The van der Waals surface area contributed by atoms with E-state index < -0.39 is 5.91 Å². The highest BCUT2D eigenvalue weighted by molar-refractivity contribution is 7.13. The number of rotatable bonds is 4. The summed E-state index contributed by atoms with van der Waals surface area (Å²) in [6.45, 7) is 0. The molecule has 0 aliphatic heterocycles. The zero-order valence-corrected chi connectivity index (χ0v) is 18.3. The Morgan fingerprint density at radius 1 is 1.19 bits per heavy atom. The molecule has 1 aliphatic rings. The highest BCUT2D eigenvalue weighted by atomic mass is 35.5. The third kappa shape index (κ3) is 3.78. The van der Waals surface area contributed by atoms with Gasteiger partial charge in [-0.25, -0.2) is 4.98 Å². The van der Waals surface area contributed by atoms with E-state index in [1.165, 1.54) is 22.1 Å². The average Bonchev–Trinajstić information content (AvgIpc) is 3.49. The number of halogens is 2. The van der Waals surface area contributed by atoms with E-state index in [4.69, 9.17) is 23.2 Å². The van der Waals surface area contributed by atoms with Crippen LogP contribution in [0, 0.1) is 0 Å². The molecular weight excluding hydrogens is 457 g/mol. The number of fused-ring (bicyclic) bond motifs is 1. The van der Waals surface area contributed by atoms with Gasteiger partial charge in [0, 0.05) is 16.7 Å². The Morgan fingerprint density at radius 3 is 2.87 bits per heavy atom. The largest absolute Gasteiger partial charge is 0.306 e. The average molecular weight is 472 g/mol. The van der Waals surface area contributed by atoms with Gasteiger partial charge in [-0.15, -0.1) is 11.3 Å². The molecule has 0 unspecified atom stereocenters. The number of hydrogen-bond acceptors (Lipinski definition) is 5. The van der Waals surface area contributed by atoms with Crippen molar-refractivity contribution in [2.75, 3.05) is 5.32 Å². The van der Waals surface area contributed by atoms with Crippen LogP contribution >= 0.6 is 34.5 Å². The van der Waals surface area contributed by atoms with Crippen molar-refractivity contribution in [3.63, 3.8) is 0 Å². The molecule has 31 heavy (non-hydrogen) atoms. The zero-order valence-electron chi connectivity index (χ0n) is 16.0. The first kappa shape index (κ1) is 20.0. The van der Waals surface area contributed by atoms with Crippen LogP contribution in [0.4, 0.5) is 5.82 Å². The topological polar surface area (TPSA) is 92.7 Å². The van der Waals surface area contributed by atoms with Crippen LogP contribution in [-0.4, -0.2) is 25.7 Å². The maximum absolute atomic E-state index is 12.9. The number of aromatic nitrogens is 4. The number of H-pyrrole nitrogens is 1. The maximum Gasteiger partial charge on any atom is 0.258 e. The summed E-state index contributed by atoms with van der Waals surface area (Å²) in [7, 11) is 0. The Kier molecular flexibility index (Phi) is 5.13. The fourth-order valence-corrected chi connectivity index (χ4v) is 4.62. The van der Waals surface area contributed by atoms with Crippen LogP contribution in [0.3, 0.4) is 0 Å². The van der Waals surface area contributed by atoms with Gasteiger partial charge in [0.2, 0.25) is 5.95 Å². The number of nitrogens with zero attached hydrogens (tertiary/aromatic N) is 3. The molecule has 7 nitrogen and oxygen atoms in total. The predicted molar refractivity (Wildman–Crippen MR) is 122 cm³/mol.